The van der Waals surface area contributed by atoms with Crippen molar-refractivity contribution in [2.24, 2.45) is 5.92 Å². The van der Waals surface area contributed by atoms with E-state index in [1.54, 1.807) is 6.07 Å². The molecule has 18 heavy (non-hydrogen) atoms. The van der Waals surface area contributed by atoms with Gasteiger partial charge >= 0.3 is 5.97 Å². The van der Waals surface area contributed by atoms with E-state index in [4.69, 9.17) is 5.11 Å². The molecule has 1 aromatic rings. The highest BCUT2D eigenvalue weighted by Gasteiger charge is 2.16. The maximum atomic E-state index is 13.4. The molecule has 0 bridgehead atoms. The van der Waals surface area contributed by atoms with E-state index in [1.165, 1.54) is 37.8 Å². The van der Waals surface area contributed by atoms with Gasteiger partial charge in [0.05, 0.1) is 5.56 Å². The number of aromatic carboxylic acids is 1. The van der Waals surface area contributed by atoms with Crippen LogP contribution in [0.4, 0.5) is 4.39 Å². The van der Waals surface area contributed by atoms with Crippen LogP contribution in [-0.4, -0.2) is 17.6 Å². The third-order valence-electron chi connectivity index (χ3n) is 3.55. The molecule has 1 saturated carbocycles. The third-order valence-corrected chi connectivity index (χ3v) is 3.55. The van der Waals surface area contributed by atoms with Gasteiger partial charge in [-0.3, -0.25) is 0 Å². The second-order valence-electron chi connectivity index (χ2n) is 4.88. The summed E-state index contributed by atoms with van der Waals surface area (Å²) in [5.74, 6) is -1.03. The summed E-state index contributed by atoms with van der Waals surface area (Å²) >= 11 is 0. The Balaban J connectivity index is 1.78. The van der Waals surface area contributed by atoms with Crippen LogP contribution in [0, 0.1) is 11.7 Å². The zero-order valence-corrected chi connectivity index (χ0v) is 10.3. The van der Waals surface area contributed by atoms with Crippen LogP contribution in [-0.2, 0) is 6.54 Å². The Morgan fingerprint density at radius 3 is 2.78 bits per heavy atom. The fourth-order valence-corrected chi connectivity index (χ4v) is 2.16. The Morgan fingerprint density at radius 1 is 1.44 bits per heavy atom. The average molecular weight is 251 g/mol. The van der Waals surface area contributed by atoms with E-state index in [0.29, 0.717) is 6.54 Å². The van der Waals surface area contributed by atoms with E-state index >= 15 is 0 Å². The zero-order valence-electron chi connectivity index (χ0n) is 10.3. The highest BCUT2D eigenvalue weighted by molar-refractivity contribution is 5.87. The average Bonchev–Trinajstić information content (AvgIpc) is 2.26. The van der Waals surface area contributed by atoms with Crippen molar-refractivity contribution in [1.82, 2.24) is 5.32 Å². The van der Waals surface area contributed by atoms with Crippen molar-refractivity contribution in [2.75, 3.05) is 6.54 Å². The van der Waals surface area contributed by atoms with Gasteiger partial charge in [-0.1, -0.05) is 25.3 Å². The van der Waals surface area contributed by atoms with Crippen molar-refractivity contribution < 1.29 is 14.3 Å². The Hall–Kier alpha value is -1.42. The number of carbonyl (C=O) groups is 1. The molecule has 1 aliphatic rings. The first kappa shape index (κ1) is 13.0. The SMILES string of the molecule is O=C(O)c1ccc(CNCCC2CCC2)cc1F. The molecule has 1 fully saturated rings. The molecule has 1 aliphatic carbocycles. The van der Waals surface area contributed by atoms with Crippen LogP contribution in [0.15, 0.2) is 18.2 Å². The van der Waals surface area contributed by atoms with Gasteiger partial charge in [0.2, 0.25) is 0 Å². The molecule has 2 N–H and O–H groups in total. The first-order chi connectivity index (χ1) is 8.66. The zero-order chi connectivity index (χ0) is 13.0. The summed E-state index contributed by atoms with van der Waals surface area (Å²) < 4.78 is 13.4. The molecule has 0 saturated heterocycles. The second-order valence-corrected chi connectivity index (χ2v) is 4.88. The van der Waals surface area contributed by atoms with Crippen LogP contribution < -0.4 is 5.32 Å². The van der Waals surface area contributed by atoms with Gasteiger partial charge in [0.25, 0.3) is 0 Å². The van der Waals surface area contributed by atoms with Gasteiger partial charge in [-0.25, -0.2) is 9.18 Å². The summed E-state index contributed by atoms with van der Waals surface area (Å²) in [7, 11) is 0. The van der Waals surface area contributed by atoms with Crippen molar-refractivity contribution in [1.29, 1.82) is 0 Å². The van der Waals surface area contributed by atoms with Crippen molar-refractivity contribution in [3.63, 3.8) is 0 Å². The quantitative estimate of drug-likeness (QED) is 0.764. The van der Waals surface area contributed by atoms with Crippen molar-refractivity contribution in [2.45, 2.75) is 32.2 Å². The van der Waals surface area contributed by atoms with E-state index in [1.807, 2.05) is 0 Å². The lowest BCUT2D eigenvalue weighted by Gasteiger charge is -2.25. The van der Waals surface area contributed by atoms with Crippen molar-refractivity contribution >= 4 is 5.97 Å². The standard InChI is InChI=1S/C14H18FNO2/c15-13-8-11(4-5-12(13)14(17)18)9-16-7-6-10-2-1-3-10/h4-5,8,10,16H,1-3,6-7,9H2,(H,17,18). The molecular formula is C14H18FNO2. The van der Waals surface area contributed by atoms with Gasteiger partial charge in [0.15, 0.2) is 0 Å². The lowest BCUT2D eigenvalue weighted by atomic mass is 9.83. The van der Waals surface area contributed by atoms with E-state index in [-0.39, 0.29) is 5.56 Å². The molecule has 4 heteroatoms. The largest absolute Gasteiger partial charge is 0.478 e. The monoisotopic (exact) mass is 251 g/mol. The van der Waals surface area contributed by atoms with E-state index in [2.05, 4.69) is 5.32 Å². The van der Waals surface area contributed by atoms with Gasteiger partial charge in [-0.2, -0.15) is 0 Å². The Bertz CT molecular complexity index is 430. The summed E-state index contributed by atoms with van der Waals surface area (Å²) in [5, 5.41) is 12.0. The smallest absolute Gasteiger partial charge is 0.338 e. The molecule has 98 valence electrons. The fourth-order valence-electron chi connectivity index (χ4n) is 2.16. The maximum absolute atomic E-state index is 13.4. The number of hydrogen-bond acceptors (Lipinski definition) is 2. The number of hydrogen-bond donors (Lipinski definition) is 2. The number of benzene rings is 1. The molecule has 0 amide bonds. The number of halogens is 1. The molecule has 0 aromatic heterocycles. The third kappa shape index (κ3) is 3.29. The van der Waals surface area contributed by atoms with Gasteiger partial charge in [-0.05, 0) is 36.6 Å². The summed E-state index contributed by atoms with van der Waals surface area (Å²) in [4.78, 5) is 10.7. The van der Waals surface area contributed by atoms with Gasteiger partial charge in [-0.15, -0.1) is 0 Å². The molecule has 3 nitrogen and oxygen atoms in total. The summed E-state index contributed by atoms with van der Waals surface area (Å²) in [5.41, 5.74) is 0.513. The Morgan fingerprint density at radius 2 is 2.22 bits per heavy atom. The predicted molar refractivity (Wildman–Crippen MR) is 67.0 cm³/mol. The first-order valence-corrected chi connectivity index (χ1v) is 6.39. The number of rotatable bonds is 6. The first-order valence-electron chi connectivity index (χ1n) is 6.39. The number of carboxylic acids is 1. The summed E-state index contributed by atoms with van der Waals surface area (Å²) in [6.07, 6.45) is 5.20. The van der Waals surface area contributed by atoms with Crippen LogP contribution in [0.25, 0.3) is 0 Å². The highest BCUT2D eigenvalue weighted by Crippen LogP contribution is 2.28. The molecular weight excluding hydrogens is 233 g/mol. The summed E-state index contributed by atoms with van der Waals surface area (Å²) in [6.45, 7) is 1.52. The lowest BCUT2D eigenvalue weighted by molar-refractivity contribution is 0.0692. The molecule has 1 aromatic carbocycles. The maximum Gasteiger partial charge on any atom is 0.338 e. The van der Waals surface area contributed by atoms with Crippen molar-refractivity contribution in [3.05, 3.63) is 35.1 Å². The number of nitrogens with one attached hydrogen (secondary N) is 1. The van der Waals surface area contributed by atoms with Crippen LogP contribution in [0.3, 0.4) is 0 Å². The predicted octanol–water partition coefficient (Wildman–Crippen LogP) is 2.80. The molecule has 0 spiro atoms. The molecule has 0 heterocycles. The van der Waals surface area contributed by atoms with Crippen LogP contribution in [0.2, 0.25) is 0 Å². The fraction of sp³-hybridized carbons (Fsp3) is 0.500. The van der Waals surface area contributed by atoms with Crippen LogP contribution >= 0.6 is 0 Å². The van der Waals surface area contributed by atoms with Gasteiger partial charge < -0.3 is 10.4 Å². The van der Waals surface area contributed by atoms with E-state index < -0.39 is 11.8 Å². The minimum absolute atomic E-state index is 0.270. The lowest BCUT2D eigenvalue weighted by Crippen LogP contribution is -2.21. The minimum Gasteiger partial charge on any atom is -0.478 e. The van der Waals surface area contributed by atoms with Gasteiger partial charge in [0, 0.05) is 6.54 Å². The normalized spacial score (nSPS) is 15.4. The van der Waals surface area contributed by atoms with Crippen LogP contribution in [0.5, 0.6) is 0 Å². The molecule has 0 aliphatic heterocycles. The van der Waals surface area contributed by atoms with Gasteiger partial charge in [0.1, 0.15) is 5.82 Å². The summed E-state index contributed by atoms with van der Waals surface area (Å²) in [6, 6.07) is 4.27. The van der Waals surface area contributed by atoms with E-state index in [0.717, 1.165) is 18.0 Å². The van der Waals surface area contributed by atoms with Crippen LogP contribution in [0.1, 0.15) is 41.6 Å². The molecule has 0 radical (unpaired) electrons. The highest BCUT2D eigenvalue weighted by atomic mass is 19.1. The molecule has 0 unspecified atom stereocenters. The number of carboxylic acid groups (broad SMARTS) is 1. The minimum atomic E-state index is -1.23. The second kappa shape index (κ2) is 5.96. The van der Waals surface area contributed by atoms with Crippen molar-refractivity contribution in [3.8, 4) is 0 Å². The van der Waals surface area contributed by atoms with E-state index in [9.17, 15) is 9.18 Å². The topological polar surface area (TPSA) is 49.3 Å². The Labute approximate surface area is 106 Å². The molecule has 0 atom stereocenters. The molecule has 2 rings (SSSR count). The Kier molecular flexibility index (Phi) is 4.31.